The Bertz CT molecular complexity index is 798. The Labute approximate surface area is 165 Å². The van der Waals surface area contributed by atoms with E-state index in [9.17, 15) is 14.7 Å². The molecule has 5 nitrogen and oxygen atoms in total. The normalized spacial score (nSPS) is 17.5. The van der Waals surface area contributed by atoms with E-state index in [1.54, 1.807) is 0 Å². The number of nitrogens with zero attached hydrogens (tertiary/aromatic N) is 1. The molecule has 0 saturated carbocycles. The number of ether oxygens (including phenoxy) is 1. The van der Waals surface area contributed by atoms with Crippen molar-refractivity contribution in [3.63, 3.8) is 0 Å². The number of amides is 2. The summed E-state index contributed by atoms with van der Waals surface area (Å²) in [5, 5.41) is 10.2. The van der Waals surface area contributed by atoms with Gasteiger partial charge in [-0.25, -0.2) is 0 Å². The molecule has 0 radical (unpaired) electrons. The van der Waals surface area contributed by atoms with Gasteiger partial charge in [0.2, 0.25) is 11.8 Å². The van der Waals surface area contributed by atoms with Crippen LogP contribution in [0, 0.1) is 5.41 Å². The first-order valence-corrected chi connectivity index (χ1v) is 9.70. The van der Waals surface area contributed by atoms with Crippen molar-refractivity contribution in [1.82, 2.24) is 4.90 Å². The summed E-state index contributed by atoms with van der Waals surface area (Å²) in [5.41, 5.74) is 1.93. The first kappa shape index (κ1) is 20.1. The number of piperidine rings is 1. The van der Waals surface area contributed by atoms with Crippen LogP contribution in [0.15, 0.2) is 54.6 Å². The lowest BCUT2D eigenvalue weighted by molar-refractivity contribution is -0.155. The van der Waals surface area contributed by atoms with Crippen molar-refractivity contribution in [3.8, 4) is 16.9 Å². The molecule has 0 bridgehead atoms. The van der Waals surface area contributed by atoms with E-state index >= 15 is 0 Å². The number of β-amino-alcohol motifs (C(OH)–C–C–N with tert-alkyl or cyclic N) is 1. The Balaban J connectivity index is 1.52. The summed E-state index contributed by atoms with van der Waals surface area (Å²) in [5.74, 6) is 0.201. The highest BCUT2D eigenvalue weighted by Gasteiger charge is 2.39. The number of carbonyl (C=O) groups is 2. The Morgan fingerprint density at radius 2 is 1.57 bits per heavy atom. The average Bonchev–Trinajstić information content (AvgIpc) is 2.70. The highest BCUT2D eigenvalue weighted by Crippen LogP contribution is 2.35. The largest absolute Gasteiger partial charge is 0.491 e. The van der Waals surface area contributed by atoms with E-state index in [0.29, 0.717) is 18.6 Å². The molecule has 148 valence electrons. The smallest absolute Gasteiger partial charge is 0.229 e. The summed E-state index contributed by atoms with van der Waals surface area (Å²) in [4.78, 5) is 25.8. The van der Waals surface area contributed by atoms with E-state index < -0.39 is 6.10 Å². The summed E-state index contributed by atoms with van der Waals surface area (Å²) in [6.07, 6.45) is 0.531. The SMILES string of the molecule is CCC1(C)CC(=O)N(C[C@@H](O)COc2ccc(-c3ccccc3)cc2)C(=O)C1. The maximum absolute atomic E-state index is 12.3. The van der Waals surface area contributed by atoms with Crippen molar-refractivity contribution in [2.24, 2.45) is 5.41 Å². The zero-order valence-electron chi connectivity index (χ0n) is 16.4. The summed E-state index contributed by atoms with van der Waals surface area (Å²) >= 11 is 0. The maximum atomic E-state index is 12.3. The first-order valence-electron chi connectivity index (χ1n) is 9.70. The third-order valence-corrected chi connectivity index (χ3v) is 5.41. The van der Waals surface area contributed by atoms with Crippen LogP contribution in [0.2, 0.25) is 0 Å². The first-order chi connectivity index (χ1) is 13.4. The molecule has 1 fully saturated rings. The molecular formula is C23H27NO4. The van der Waals surface area contributed by atoms with E-state index in [1.807, 2.05) is 68.4 Å². The minimum atomic E-state index is -0.923. The molecule has 1 aliphatic heterocycles. The molecule has 0 spiro atoms. The highest BCUT2D eigenvalue weighted by molar-refractivity contribution is 5.98. The molecule has 5 heteroatoms. The predicted octanol–water partition coefficient (Wildman–Crippen LogP) is 3.66. The van der Waals surface area contributed by atoms with Gasteiger partial charge in [0.15, 0.2) is 0 Å². The maximum Gasteiger partial charge on any atom is 0.229 e. The Morgan fingerprint density at radius 3 is 2.14 bits per heavy atom. The van der Waals surface area contributed by atoms with Gasteiger partial charge in [0, 0.05) is 12.8 Å². The Kier molecular flexibility index (Phi) is 6.15. The van der Waals surface area contributed by atoms with Gasteiger partial charge in [-0.1, -0.05) is 56.3 Å². The van der Waals surface area contributed by atoms with Crippen LogP contribution < -0.4 is 4.74 Å². The van der Waals surface area contributed by atoms with Crippen molar-refractivity contribution < 1.29 is 19.4 Å². The van der Waals surface area contributed by atoms with Crippen LogP contribution in [-0.4, -0.2) is 41.1 Å². The topological polar surface area (TPSA) is 66.8 Å². The lowest BCUT2D eigenvalue weighted by Gasteiger charge is -2.37. The standard InChI is InChI=1S/C23H27NO4/c1-3-23(2)13-21(26)24(22(27)14-23)15-19(25)16-28-20-11-9-18(10-12-20)17-7-5-4-6-8-17/h4-12,19,25H,3,13-16H2,1-2H3/t19-/m1/s1. The number of carbonyl (C=O) groups excluding carboxylic acids is 2. The van der Waals surface area contributed by atoms with Crippen LogP contribution in [0.3, 0.4) is 0 Å². The molecule has 2 amide bonds. The number of imide groups is 1. The van der Waals surface area contributed by atoms with Gasteiger partial charge in [0.1, 0.15) is 18.5 Å². The molecule has 1 saturated heterocycles. The second kappa shape index (κ2) is 8.57. The number of aliphatic hydroxyl groups excluding tert-OH is 1. The lowest BCUT2D eigenvalue weighted by Crippen LogP contribution is -2.50. The average molecular weight is 381 g/mol. The van der Waals surface area contributed by atoms with Crippen molar-refractivity contribution in [2.75, 3.05) is 13.2 Å². The van der Waals surface area contributed by atoms with Gasteiger partial charge < -0.3 is 9.84 Å². The molecule has 3 rings (SSSR count). The van der Waals surface area contributed by atoms with Gasteiger partial charge in [-0.15, -0.1) is 0 Å². The molecular weight excluding hydrogens is 354 g/mol. The molecule has 1 heterocycles. The molecule has 1 N–H and O–H groups in total. The Hall–Kier alpha value is -2.66. The number of likely N-dealkylation sites (tertiary alicyclic amines) is 1. The lowest BCUT2D eigenvalue weighted by atomic mass is 9.77. The third-order valence-electron chi connectivity index (χ3n) is 5.41. The predicted molar refractivity (Wildman–Crippen MR) is 108 cm³/mol. The summed E-state index contributed by atoms with van der Waals surface area (Å²) in [6.45, 7) is 3.94. The van der Waals surface area contributed by atoms with Gasteiger partial charge in [-0.3, -0.25) is 14.5 Å². The van der Waals surface area contributed by atoms with E-state index in [-0.39, 0.29) is 30.4 Å². The molecule has 28 heavy (non-hydrogen) atoms. The van der Waals surface area contributed by atoms with Gasteiger partial charge >= 0.3 is 0 Å². The number of rotatable bonds is 7. The zero-order valence-corrected chi connectivity index (χ0v) is 16.4. The second-order valence-corrected chi connectivity index (χ2v) is 7.77. The van der Waals surface area contributed by atoms with Crippen LogP contribution in [-0.2, 0) is 9.59 Å². The van der Waals surface area contributed by atoms with Crippen molar-refractivity contribution in [1.29, 1.82) is 0 Å². The summed E-state index contributed by atoms with van der Waals surface area (Å²) < 4.78 is 5.63. The number of aliphatic hydroxyl groups is 1. The van der Waals surface area contributed by atoms with Gasteiger partial charge in [-0.2, -0.15) is 0 Å². The fourth-order valence-corrected chi connectivity index (χ4v) is 3.41. The summed E-state index contributed by atoms with van der Waals surface area (Å²) in [7, 11) is 0. The molecule has 1 aliphatic rings. The molecule has 1 atom stereocenters. The quantitative estimate of drug-likeness (QED) is 0.744. The van der Waals surface area contributed by atoms with E-state index in [0.717, 1.165) is 17.5 Å². The van der Waals surface area contributed by atoms with Gasteiger partial charge in [-0.05, 0) is 35.1 Å². The highest BCUT2D eigenvalue weighted by atomic mass is 16.5. The zero-order chi connectivity index (χ0) is 20.1. The van der Waals surface area contributed by atoms with E-state index in [2.05, 4.69) is 0 Å². The minimum Gasteiger partial charge on any atom is -0.491 e. The molecule has 2 aromatic carbocycles. The minimum absolute atomic E-state index is 0.0206. The number of hydrogen-bond acceptors (Lipinski definition) is 4. The van der Waals surface area contributed by atoms with E-state index in [1.165, 1.54) is 4.90 Å². The second-order valence-electron chi connectivity index (χ2n) is 7.77. The molecule has 0 aromatic heterocycles. The van der Waals surface area contributed by atoms with Crippen molar-refractivity contribution in [3.05, 3.63) is 54.6 Å². The van der Waals surface area contributed by atoms with Crippen LogP contribution >= 0.6 is 0 Å². The Morgan fingerprint density at radius 1 is 1.00 bits per heavy atom. The fraction of sp³-hybridized carbons (Fsp3) is 0.391. The fourth-order valence-electron chi connectivity index (χ4n) is 3.41. The summed E-state index contributed by atoms with van der Waals surface area (Å²) in [6, 6.07) is 17.6. The van der Waals surface area contributed by atoms with Crippen molar-refractivity contribution in [2.45, 2.75) is 39.2 Å². The third kappa shape index (κ3) is 4.78. The number of benzene rings is 2. The molecule has 2 aromatic rings. The number of hydrogen-bond donors (Lipinski definition) is 1. The van der Waals surface area contributed by atoms with Gasteiger partial charge in [0.05, 0.1) is 6.54 Å². The van der Waals surface area contributed by atoms with Crippen LogP contribution in [0.5, 0.6) is 5.75 Å². The molecule has 0 aliphatic carbocycles. The monoisotopic (exact) mass is 381 g/mol. The van der Waals surface area contributed by atoms with Crippen LogP contribution in [0.1, 0.15) is 33.1 Å². The van der Waals surface area contributed by atoms with Crippen molar-refractivity contribution >= 4 is 11.8 Å². The molecule has 0 unspecified atom stereocenters. The van der Waals surface area contributed by atoms with Gasteiger partial charge in [0.25, 0.3) is 0 Å². The van der Waals surface area contributed by atoms with Crippen LogP contribution in [0.4, 0.5) is 0 Å². The van der Waals surface area contributed by atoms with Crippen LogP contribution in [0.25, 0.3) is 11.1 Å². The van der Waals surface area contributed by atoms with E-state index in [4.69, 9.17) is 4.74 Å².